The van der Waals surface area contributed by atoms with E-state index >= 15 is 0 Å². The number of anilines is 1. The van der Waals surface area contributed by atoms with Gasteiger partial charge in [0, 0.05) is 28.1 Å². The van der Waals surface area contributed by atoms with Crippen molar-refractivity contribution in [2.75, 3.05) is 5.32 Å². The highest BCUT2D eigenvalue weighted by atomic mass is 35.5. The number of hydrogen-bond donors (Lipinski definition) is 1. The lowest BCUT2D eigenvalue weighted by molar-refractivity contribution is -0.111. The Balaban J connectivity index is 1.94. The molecule has 0 aliphatic heterocycles. The third-order valence-electron chi connectivity index (χ3n) is 4.52. The largest absolute Gasteiger partial charge is 0.321 e. The number of rotatable bonds is 4. The summed E-state index contributed by atoms with van der Waals surface area (Å²) in [6.07, 6.45) is 4.93. The van der Waals surface area contributed by atoms with Gasteiger partial charge >= 0.3 is 0 Å². The first-order valence-electron chi connectivity index (χ1n) is 9.57. The molecule has 0 saturated carbocycles. The average molecular weight is 493 g/mol. The van der Waals surface area contributed by atoms with Crippen molar-refractivity contribution in [3.63, 3.8) is 0 Å². The zero-order chi connectivity index (χ0) is 23.4. The van der Waals surface area contributed by atoms with Crippen LogP contribution < -0.4 is 20.1 Å². The maximum Gasteiger partial charge on any atom is 0.273 e. The van der Waals surface area contributed by atoms with Gasteiger partial charge in [-0.1, -0.05) is 41.4 Å². The Bertz CT molecular complexity index is 1540. The molecule has 0 saturated heterocycles. The number of carbonyl (C=O) groups is 1. The monoisotopic (exact) mass is 492 g/mol. The Labute approximate surface area is 202 Å². The molecule has 0 bridgehead atoms. The van der Waals surface area contributed by atoms with Gasteiger partial charge in [-0.2, -0.15) is 5.26 Å². The van der Waals surface area contributed by atoms with E-state index in [1.165, 1.54) is 22.8 Å². The molecule has 2 aromatic carbocycles. The minimum absolute atomic E-state index is 0.208. The van der Waals surface area contributed by atoms with Crippen LogP contribution in [0.15, 0.2) is 77.9 Å². The van der Waals surface area contributed by atoms with Gasteiger partial charge in [-0.3, -0.25) is 19.1 Å². The van der Waals surface area contributed by atoms with Crippen LogP contribution in [0, 0.1) is 11.3 Å². The molecule has 0 fully saturated rings. The Hall–Kier alpha value is -3.70. The van der Waals surface area contributed by atoms with Crippen molar-refractivity contribution in [3.05, 3.63) is 108 Å². The van der Waals surface area contributed by atoms with E-state index < -0.39 is 5.91 Å². The summed E-state index contributed by atoms with van der Waals surface area (Å²) in [5.74, 6) is -0.683. The van der Waals surface area contributed by atoms with Crippen LogP contribution >= 0.6 is 34.5 Å². The summed E-state index contributed by atoms with van der Waals surface area (Å²) in [6, 6.07) is 18.9. The number of carbonyl (C=O) groups excluding carboxylic acids is 1. The van der Waals surface area contributed by atoms with Crippen LogP contribution in [0.5, 0.6) is 0 Å². The van der Waals surface area contributed by atoms with Crippen molar-refractivity contribution in [1.29, 1.82) is 5.26 Å². The first-order valence-corrected chi connectivity index (χ1v) is 11.1. The Kier molecular flexibility index (Phi) is 6.71. The molecule has 1 N–H and O–H groups in total. The summed E-state index contributed by atoms with van der Waals surface area (Å²) in [7, 11) is 0. The van der Waals surface area contributed by atoms with Crippen LogP contribution in [0.4, 0.5) is 5.69 Å². The van der Waals surface area contributed by atoms with Crippen molar-refractivity contribution in [3.8, 4) is 11.8 Å². The number of hydrogen-bond acceptors (Lipinski definition) is 5. The van der Waals surface area contributed by atoms with Crippen LogP contribution in [0.2, 0.25) is 10.0 Å². The number of para-hydroxylation sites is 1. The van der Waals surface area contributed by atoms with E-state index in [2.05, 4.69) is 10.3 Å². The second kappa shape index (κ2) is 9.84. The van der Waals surface area contributed by atoms with Crippen LogP contribution in [-0.2, 0) is 4.79 Å². The molecule has 0 radical (unpaired) electrons. The zero-order valence-electron chi connectivity index (χ0n) is 16.8. The molecule has 2 aromatic heterocycles. The Morgan fingerprint density at radius 3 is 2.36 bits per heavy atom. The third-order valence-corrected chi connectivity index (χ3v) is 6.04. The summed E-state index contributed by atoms with van der Waals surface area (Å²) in [5.41, 5.74) is 1.08. The molecule has 2 heterocycles. The summed E-state index contributed by atoms with van der Waals surface area (Å²) in [4.78, 5) is 30.3. The van der Waals surface area contributed by atoms with Crippen molar-refractivity contribution in [2.45, 2.75) is 0 Å². The van der Waals surface area contributed by atoms with E-state index in [0.29, 0.717) is 26.0 Å². The fourth-order valence-electron chi connectivity index (χ4n) is 3.09. The highest BCUT2D eigenvalue weighted by Gasteiger charge is 2.17. The number of nitrogens with one attached hydrogen (secondary N) is 1. The standard InChI is InChI=1S/C24H14Cl2N4O2S/c25-16-11-17(26)13-18(12-16)29-22(31)20(14-27)24-30(19-4-2-1-3-5-19)23(32)21(33-24)10-15-6-8-28-9-7-15/h1-13H,(H,29,31)/b21-10+,24-20-. The van der Waals surface area contributed by atoms with Crippen LogP contribution in [-0.4, -0.2) is 15.5 Å². The first-order chi connectivity index (χ1) is 16.0. The zero-order valence-corrected chi connectivity index (χ0v) is 19.2. The number of nitriles is 1. The summed E-state index contributed by atoms with van der Waals surface area (Å²) >= 11 is 13.1. The Morgan fingerprint density at radius 2 is 1.73 bits per heavy atom. The van der Waals surface area contributed by atoms with E-state index in [1.54, 1.807) is 54.9 Å². The fourth-order valence-corrected chi connectivity index (χ4v) is 4.72. The number of thiazole rings is 1. The average Bonchev–Trinajstić information content (AvgIpc) is 3.10. The molecule has 0 atom stereocenters. The summed E-state index contributed by atoms with van der Waals surface area (Å²) in [6.45, 7) is 0. The number of halogens is 2. The van der Waals surface area contributed by atoms with Crippen LogP contribution in [0.1, 0.15) is 5.56 Å². The van der Waals surface area contributed by atoms with E-state index in [0.717, 1.165) is 16.9 Å². The van der Waals surface area contributed by atoms with E-state index in [9.17, 15) is 14.9 Å². The quantitative estimate of drug-likeness (QED) is 0.469. The molecule has 6 nitrogen and oxygen atoms in total. The van der Waals surface area contributed by atoms with Gasteiger partial charge in [0.25, 0.3) is 11.5 Å². The van der Waals surface area contributed by atoms with Gasteiger partial charge in [0.2, 0.25) is 0 Å². The van der Waals surface area contributed by atoms with Crippen molar-refractivity contribution >= 4 is 57.8 Å². The minimum atomic E-state index is -0.683. The smallest absolute Gasteiger partial charge is 0.273 e. The molecular formula is C24H14Cl2N4O2S. The maximum absolute atomic E-state index is 13.3. The predicted molar refractivity (Wildman–Crippen MR) is 131 cm³/mol. The van der Waals surface area contributed by atoms with E-state index in [4.69, 9.17) is 23.2 Å². The number of amides is 1. The van der Waals surface area contributed by atoms with Gasteiger partial charge in [0.15, 0.2) is 5.57 Å². The van der Waals surface area contributed by atoms with E-state index in [-0.39, 0.29) is 15.8 Å². The van der Waals surface area contributed by atoms with Crippen LogP contribution in [0.3, 0.4) is 0 Å². The van der Waals surface area contributed by atoms with Crippen molar-refractivity contribution < 1.29 is 4.79 Å². The predicted octanol–water partition coefficient (Wildman–Crippen LogP) is 3.74. The molecule has 0 aliphatic rings. The molecular weight excluding hydrogens is 479 g/mol. The second-order valence-corrected chi connectivity index (χ2v) is 8.68. The third kappa shape index (κ3) is 5.04. The molecule has 33 heavy (non-hydrogen) atoms. The second-order valence-electron chi connectivity index (χ2n) is 6.77. The molecule has 0 unspecified atom stereocenters. The van der Waals surface area contributed by atoms with Gasteiger partial charge in [-0.05, 0) is 54.1 Å². The first kappa shape index (κ1) is 22.5. The lowest BCUT2D eigenvalue weighted by Crippen LogP contribution is -2.32. The topological polar surface area (TPSA) is 87.8 Å². The molecule has 162 valence electrons. The summed E-state index contributed by atoms with van der Waals surface area (Å²) < 4.78 is 1.94. The number of nitrogens with zero attached hydrogens (tertiary/aromatic N) is 3. The van der Waals surface area contributed by atoms with Crippen LogP contribution in [0.25, 0.3) is 17.3 Å². The molecule has 4 aromatic rings. The van der Waals surface area contributed by atoms with Crippen molar-refractivity contribution in [1.82, 2.24) is 9.55 Å². The van der Waals surface area contributed by atoms with Gasteiger partial charge in [-0.15, -0.1) is 11.3 Å². The van der Waals surface area contributed by atoms with Gasteiger partial charge in [0.1, 0.15) is 10.7 Å². The highest BCUT2D eigenvalue weighted by molar-refractivity contribution is 7.07. The lowest BCUT2D eigenvalue weighted by Gasteiger charge is -2.06. The number of aromatic nitrogens is 2. The summed E-state index contributed by atoms with van der Waals surface area (Å²) in [5, 5.41) is 13.2. The van der Waals surface area contributed by atoms with Crippen molar-refractivity contribution in [2.24, 2.45) is 0 Å². The molecule has 9 heteroatoms. The van der Waals surface area contributed by atoms with Gasteiger partial charge in [-0.25, -0.2) is 0 Å². The Morgan fingerprint density at radius 1 is 1.06 bits per heavy atom. The molecule has 4 rings (SSSR count). The SMILES string of the molecule is N#C/C(C(=O)Nc1cc(Cl)cc(Cl)c1)=c1/s/c(=C/c2ccncc2)c(=O)n1-c1ccccc1. The van der Waals surface area contributed by atoms with E-state index in [1.807, 2.05) is 12.1 Å². The minimum Gasteiger partial charge on any atom is -0.321 e. The molecule has 0 aliphatic carbocycles. The lowest BCUT2D eigenvalue weighted by atomic mass is 10.2. The van der Waals surface area contributed by atoms with Gasteiger partial charge < -0.3 is 5.32 Å². The number of pyridine rings is 1. The highest BCUT2D eigenvalue weighted by Crippen LogP contribution is 2.22. The maximum atomic E-state index is 13.3. The number of benzene rings is 2. The molecule has 1 amide bonds. The molecule has 0 spiro atoms. The normalized spacial score (nSPS) is 12.2. The fraction of sp³-hybridized carbons (Fsp3) is 0. The van der Waals surface area contributed by atoms with Gasteiger partial charge in [0.05, 0.1) is 10.2 Å².